The van der Waals surface area contributed by atoms with Crippen molar-refractivity contribution in [3.05, 3.63) is 24.8 Å². The summed E-state index contributed by atoms with van der Waals surface area (Å²) < 4.78 is 0. The van der Waals surface area contributed by atoms with Gasteiger partial charge in [-0.15, -0.1) is 13.2 Å². The van der Waals surface area contributed by atoms with Gasteiger partial charge in [0.15, 0.2) is 0 Å². The lowest BCUT2D eigenvalue weighted by atomic mass is 9.46. The van der Waals surface area contributed by atoms with Gasteiger partial charge in [0.2, 0.25) is 0 Å². The zero-order valence-electron chi connectivity index (χ0n) is 14.8. The van der Waals surface area contributed by atoms with Gasteiger partial charge in [0, 0.05) is 6.61 Å². The summed E-state index contributed by atoms with van der Waals surface area (Å²) >= 11 is 0. The van der Waals surface area contributed by atoms with E-state index in [1.807, 2.05) is 0 Å². The highest BCUT2D eigenvalue weighted by molar-refractivity contribution is 5.21. The van der Waals surface area contributed by atoms with Crippen LogP contribution in [0.1, 0.15) is 65.7 Å². The maximum Gasteiger partial charge on any atom is 0.0487 e. The molecule has 0 saturated heterocycles. The fraction of sp³-hybridized carbons (Fsp3) is 0.800. The number of fused-ring (bicyclic) bond motifs is 3. The average Bonchev–Trinajstić information content (AvgIpc) is 2.48. The van der Waals surface area contributed by atoms with Gasteiger partial charge in [0.25, 0.3) is 0 Å². The molecule has 2 saturated carbocycles. The Bertz CT molecular complexity index is 403. The van der Waals surface area contributed by atoms with Crippen molar-refractivity contribution in [1.29, 1.82) is 0 Å². The van der Waals surface area contributed by atoms with Gasteiger partial charge in [-0.3, -0.25) is 0 Å². The van der Waals surface area contributed by atoms with Crippen LogP contribution < -0.4 is 0 Å². The quantitative estimate of drug-likeness (QED) is 0.711. The molecule has 3 rings (SSSR count). The number of allylic oxidation sites excluding steroid dienone is 2. The molecule has 22 heavy (non-hydrogen) atoms. The molecule has 0 aromatic carbocycles. The summed E-state index contributed by atoms with van der Waals surface area (Å²) in [6.45, 7) is 13.6. The van der Waals surface area contributed by atoms with Crippen molar-refractivity contribution in [3.8, 4) is 0 Å². The number of aliphatic hydroxyl groups is 1. The van der Waals surface area contributed by atoms with Gasteiger partial charge in [0.1, 0.15) is 0 Å². The van der Waals surface area contributed by atoms with Crippen LogP contribution in [-0.2, 0) is 0 Å². The third-order valence-corrected chi connectivity index (χ3v) is 6.84. The Kier molecular flexibility index (Phi) is 6.46. The second kappa shape index (κ2) is 7.31. The summed E-state index contributed by atoms with van der Waals surface area (Å²) in [5.74, 6) is 2.34. The largest absolute Gasteiger partial charge is 0.412 e. The Morgan fingerprint density at radius 1 is 1.18 bits per heavy atom. The molecule has 3 aliphatic rings. The van der Waals surface area contributed by atoms with Crippen LogP contribution in [-0.4, -0.2) is 17.2 Å². The molecule has 3 N–H and O–H groups in total. The van der Waals surface area contributed by atoms with Crippen molar-refractivity contribution in [2.24, 2.45) is 28.6 Å². The van der Waals surface area contributed by atoms with Gasteiger partial charge in [-0.05, 0) is 67.1 Å². The third kappa shape index (κ3) is 3.05. The number of hydrogen-bond acceptors (Lipinski definition) is 1. The maximum absolute atomic E-state index is 9.93. The normalized spacial score (nSPS) is 43.5. The zero-order chi connectivity index (χ0) is 15.7. The van der Waals surface area contributed by atoms with E-state index in [9.17, 15) is 5.11 Å². The molecule has 0 bridgehead atoms. The first kappa shape index (κ1) is 19.4. The summed E-state index contributed by atoms with van der Waals surface area (Å²) in [6.07, 6.45) is 11.9. The van der Waals surface area contributed by atoms with Crippen molar-refractivity contribution >= 4 is 0 Å². The van der Waals surface area contributed by atoms with Crippen molar-refractivity contribution in [3.63, 3.8) is 0 Å². The molecular formula is C20H36O2. The van der Waals surface area contributed by atoms with Crippen LogP contribution in [0.25, 0.3) is 0 Å². The second-order valence-corrected chi connectivity index (χ2v) is 8.11. The molecule has 0 radical (unpaired) electrons. The topological polar surface area (TPSA) is 51.7 Å². The predicted molar refractivity (Wildman–Crippen MR) is 94.7 cm³/mol. The van der Waals surface area contributed by atoms with Crippen LogP contribution >= 0.6 is 0 Å². The monoisotopic (exact) mass is 308 g/mol. The van der Waals surface area contributed by atoms with Gasteiger partial charge < -0.3 is 10.6 Å². The van der Waals surface area contributed by atoms with E-state index in [0.29, 0.717) is 12.0 Å². The molecule has 128 valence electrons. The number of rotatable bonds is 1. The molecule has 2 nitrogen and oxygen atoms in total. The molecule has 0 aliphatic heterocycles. The molecular weight excluding hydrogens is 272 g/mol. The second-order valence-electron chi connectivity index (χ2n) is 8.11. The van der Waals surface area contributed by atoms with Gasteiger partial charge in [-0.1, -0.05) is 38.8 Å². The van der Waals surface area contributed by atoms with E-state index >= 15 is 0 Å². The molecule has 2 heteroatoms. The summed E-state index contributed by atoms with van der Waals surface area (Å²) in [7, 11) is 0. The Hall–Kier alpha value is -0.600. The predicted octanol–water partition coefficient (Wildman–Crippen LogP) is 4.54. The molecule has 0 heterocycles. The molecule has 0 aromatic rings. The van der Waals surface area contributed by atoms with Crippen LogP contribution in [0, 0.1) is 28.6 Å². The highest BCUT2D eigenvalue weighted by Crippen LogP contribution is 2.62. The van der Waals surface area contributed by atoms with Crippen molar-refractivity contribution in [1.82, 2.24) is 0 Å². The van der Waals surface area contributed by atoms with Crippen molar-refractivity contribution < 1.29 is 10.6 Å². The van der Waals surface area contributed by atoms with E-state index in [2.05, 4.69) is 40.0 Å². The lowest BCUT2D eigenvalue weighted by molar-refractivity contribution is -0.0883. The van der Waals surface area contributed by atoms with Gasteiger partial charge in [-0.2, -0.15) is 0 Å². The van der Waals surface area contributed by atoms with E-state index < -0.39 is 0 Å². The molecule has 2 fully saturated rings. The van der Waals surface area contributed by atoms with Crippen molar-refractivity contribution in [2.75, 3.05) is 6.61 Å². The fourth-order valence-corrected chi connectivity index (χ4v) is 5.80. The minimum absolute atomic E-state index is 0. The molecule has 0 amide bonds. The van der Waals surface area contributed by atoms with E-state index in [1.54, 1.807) is 5.57 Å². The minimum Gasteiger partial charge on any atom is -0.412 e. The van der Waals surface area contributed by atoms with Gasteiger partial charge >= 0.3 is 0 Å². The third-order valence-electron chi connectivity index (χ3n) is 6.84. The van der Waals surface area contributed by atoms with Crippen LogP contribution in [0.4, 0.5) is 0 Å². The van der Waals surface area contributed by atoms with Crippen molar-refractivity contribution in [2.45, 2.75) is 65.7 Å². The molecule has 1 unspecified atom stereocenters. The van der Waals surface area contributed by atoms with Crippen LogP contribution in [0.5, 0.6) is 0 Å². The van der Waals surface area contributed by atoms with Crippen LogP contribution in [0.3, 0.4) is 0 Å². The Labute approximate surface area is 137 Å². The van der Waals surface area contributed by atoms with E-state index in [4.69, 9.17) is 0 Å². The standard InChI is InChI=1S/C18H30O.C2H4.H2O/c1-13-5-7-15-14(11-13)6-8-16-17(2,12-19)9-4-10-18(15,16)3;1-2;/h11,13,15-16,19H,4-10,12H2,1-3H3;1-2H2;1H2/t13?,15-,16-,17-,18+;;/m0../s1. The van der Waals surface area contributed by atoms with Gasteiger partial charge in [0.05, 0.1) is 0 Å². The van der Waals surface area contributed by atoms with E-state index in [1.165, 1.54) is 44.9 Å². The Morgan fingerprint density at radius 3 is 2.50 bits per heavy atom. The smallest absolute Gasteiger partial charge is 0.0487 e. The maximum atomic E-state index is 9.93. The fourth-order valence-electron chi connectivity index (χ4n) is 5.80. The summed E-state index contributed by atoms with van der Waals surface area (Å²) in [5.41, 5.74) is 2.40. The minimum atomic E-state index is 0. The van der Waals surface area contributed by atoms with E-state index in [-0.39, 0.29) is 10.9 Å². The summed E-state index contributed by atoms with van der Waals surface area (Å²) in [5, 5.41) is 9.93. The highest BCUT2D eigenvalue weighted by Gasteiger charge is 2.54. The Balaban J connectivity index is 0.000000775. The molecule has 5 atom stereocenters. The lowest BCUT2D eigenvalue weighted by Crippen LogP contribution is -2.52. The first-order valence-electron chi connectivity index (χ1n) is 8.81. The van der Waals surface area contributed by atoms with Crippen LogP contribution in [0.15, 0.2) is 24.8 Å². The highest BCUT2D eigenvalue weighted by atomic mass is 16.3. The lowest BCUT2D eigenvalue weighted by Gasteiger charge is -2.59. The molecule has 3 aliphatic carbocycles. The summed E-state index contributed by atoms with van der Waals surface area (Å²) in [4.78, 5) is 0. The number of hydrogen-bond donors (Lipinski definition) is 1. The molecule has 0 aromatic heterocycles. The number of aliphatic hydroxyl groups excluding tert-OH is 1. The van der Waals surface area contributed by atoms with E-state index in [0.717, 1.165) is 17.8 Å². The SMILES string of the molecule is C=C.CC1C=C2CC[C@H]3[C@](C)(CO)CCC[C@]3(C)[C@H]2CC1.O. The zero-order valence-corrected chi connectivity index (χ0v) is 14.8. The summed E-state index contributed by atoms with van der Waals surface area (Å²) in [6, 6.07) is 0. The average molecular weight is 309 g/mol. The van der Waals surface area contributed by atoms with Gasteiger partial charge in [-0.25, -0.2) is 0 Å². The first-order chi connectivity index (χ1) is 9.99. The first-order valence-corrected chi connectivity index (χ1v) is 8.81. The molecule has 0 spiro atoms. The van der Waals surface area contributed by atoms with Crippen LogP contribution in [0.2, 0.25) is 0 Å². The Morgan fingerprint density at radius 2 is 1.86 bits per heavy atom.